The Morgan fingerprint density at radius 1 is 1.21 bits per heavy atom. The number of nitrogens with zero attached hydrogens (tertiary/aromatic N) is 1. The molecule has 1 aromatic heterocycles. The van der Waals surface area contributed by atoms with Crippen molar-refractivity contribution < 1.29 is 13.2 Å². The molecule has 1 heterocycles. The highest BCUT2D eigenvalue weighted by molar-refractivity contribution is 5.70. The summed E-state index contributed by atoms with van der Waals surface area (Å²) in [7, 11) is 0. The number of halogens is 3. The van der Waals surface area contributed by atoms with Gasteiger partial charge in [-0.1, -0.05) is 32.9 Å². The Morgan fingerprint density at radius 2 is 1.93 bits per heavy atom. The molecule has 2 N–H and O–H groups in total. The van der Waals surface area contributed by atoms with E-state index in [2.05, 4.69) is 25.4 Å². The van der Waals surface area contributed by atoms with Crippen molar-refractivity contribution in [1.82, 2.24) is 4.98 Å². The lowest BCUT2D eigenvalue weighted by Gasteiger charge is -2.20. The monoisotopic (exact) mass is 388 g/mol. The predicted molar refractivity (Wildman–Crippen MR) is 109 cm³/mol. The van der Waals surface area contributed by atoms with E-state index in [4.69, 9.17) is 5.73 Å². The van der Waals surface area contributed by atoms with Crippen LogP contribution in [0.25, 0.3) is 11.3 Å². The van der Waals surface area contributed by atoms with E-state index in [1.807, 2.05) is 13.0 Å². The van der Waals surface area contributed by atoms with E-state index in [1.54, 1.807) is 24.5 Å². The van der Waals surface area contributed by atoms with Crippen LogP contribution in [0.15, 0.2) is 49.3 Å². The summed E-state index contributed by atoms with van der Waals surface area (Å²) in [4.78, 5) is 4.20. The van der Waals surface area contributed by atoms with Crippen LogP contribution in [0.3, 0.4) is 0 Å². The third-order valence-electron chi connectivity index (χ3n) is 5.03. The molecule has 0 fully saturated rings. The molecule has 0 aliphatic carbocycles. The third-order valence-corrected chi connectivity index (χ3v) is 5.03. The molecule has 28 heavy (non-hydrogen) atoms. The minimum atomic E-state index is -4.36. The van der Waals surface area contributed by atoms with Crippen LogP contribution in [0.2, 0.25) is 0 Å². The molecule has 0 radical (unpaired) electrons. The summed E-state index contributed by atoms with van der Waals surface area (Å²) < 4.78 is 39.6. The van der Waals surface area contributed by atoms with Gasteiger partial charge in [-0.15, -0.1) is 6.58 Å². The van der Waals surface area contributed by atoms with E-state index < -0.39 is 11.7 Å². The van der Waals surface area contributed by atoms with Gasteiger partial charge in [0, 0.05) is 29.7 Å². The van der Waals surface area contributed by atoms with Gasteiger partial charge in [-0.3, -0.25) is 4.98 Å². The van der Waals surface area contributed by atoms with Crippen molar-refractivity contribution in [3.05, 3.63) is 76.4 Å². The molecule has 1 unspecified atom stereocenters. The van der Waals surface area contributed by atoms with Crippen LogP contribution in [-0.2, 0) is 12.6 Å². The Hall–Kier alpha value is -2.56. The Balaban J connectivity index is 2.95. The first-order valence-electron chi connectivity index (χ1n) is 9.48. The number of aryl methyl sites for hydroxylation is 1. The summed E-state index contributed by atoms with van der Waals surface area (Å²) in [6.07, 6.45) is 2.65. The van der Waals surface area contributed by atoms with Crippen molar-refractivity contribution in [3.63, 3.8) is 0 Å². The fourth-order valence-corrected chi connectivity index (χ4v) is 3.36. The van der Waals surface area contributed by atoms with E-state index in [-0.39, 0.29) is 5.92 Å². The number of hydrogen-bond donors (Lipinski definition) is 1. The molecule has 1 atom stereocenters. The third kappa shape index (κ3) is 4.64. The number of pyridine rings is 1. The van der Waals surface area contributed by atoms with E-state index in [0.29, 0.717) is 24.1 Å². The van der Waals surface area contributed by atoms with Crippen LogP contribution in [0.5, 0.6) is 0 Å². The van der Waals surface area contributed by atoms with Crippen LogP contribution < -0.4 is 16.2 Å². The van der Waals surface area contributed by atoms with E-state index in [1.165, 1.54) is 6.07 Å². The highest BCUT2D eigenvalue weighted by Gasteiger charge is 2.31. The van der Waals surface area contributed by atoms with Gasteiger partial charge in [-0.25, -0.2) is 0 Å². The zero-order valence-electron chi connectivity index (χ0n) is 16.6. The molecular weight excluding hydrogens is 361 g/mol. The maximum Gasteiger partial charge on any atom is 0.416 e. The van der Waals surface area contributed by atoms with E-state index >= 15 is 0 Å². The molecule has 2 aromatic rings. The van der Waals surface area contributed by atoms with Gasteiger partial charge < -0.3 is 5.73 Å². The second-order valence-corrected chi connectivity index (χ2v) is 6.89. The first-order chi connectivity index (χ1) is 13.2. The summed E-state index contributed by atoms with van der Waals surface area (Å²) >= 11 is 0. The van der Waals surface area contributed by atoms with Gasteiger partial charge in [0.05, 0.1) is 5.56 Å². The van der Waals surface area contributed by atoms with Crippen LogP contribution >= 0.6 is 0 Å². The van der Waals surface area contributed by atoms with Crippen molar-refractivity contribution >= 4 is 11.3 Å². The quantitative estimate of drug-likeness (QED) is 0.738. The van der Waals surface area contributed by atoms with Crippen molar-refractivity contribution in [2.75, 3.05) is 0 Å². The summed E-state index contributed by atoms with van der Waals surface area (Å²) in [5, 5.41) is 1.72. The molecule has 150 valence electrons. The minimum absolute atomic E-state index is 0.139. The number of nitrogens with two attached hydrogens (primary N) is 1. The molecule has 0 saturated heterocycles. The lowest BCUT2D eigenvalue weighted by atomic mass is 9.85. The smallest absolute Gasteiger partial charge is 0.401 e. The van der Waals surface area contributed by atoms with Crippen molar-refractivity contribution in [2.24, 2.45) is 11.7 Å². The highest BCUT2D eigenvalue weighted by atomic mass is 19.4. The van der Waals surface area contributed by atoms with Gasteiger partial charge in [-0.2, -0.15) is 13.2 Å². The van der Waals surface area contributed by atoms with Gasteiger partial charge in [-0.05, 0) is 58.9 Å². The fourth-order valence-electron chi connectivity index (χ4n) is 3.36. The summed E-state index contributed by atoms with van der Waals surface area (Å²) in [6, 6.07) is 5.91. The minimum Gasteiger partial charge on any atom is -0.401 e. The van der Waals surface area contributed by atoms with Crippen LogP contribution in [0, 0.1) is 5.92 Å². The standard InChI is InChI=1S/C23H27F3N2/c1-5-8-21(27)20-14-28-12-11-19(20)22(15(4)6-2)18-10-9-17(23(24,25)26)13-16(18)7-3/h5,9-15H,1,6-8,27H2,2-4H3/b21-20+,22-19+. The van der Waals surface area contributed by atoms with Crippen LogP contribution in [0.1, 0.15) is 50.3 Å². The Labute approximate surface area is 164 Å². The Kier molecular flexibility index (Phi) is 7.05. The van der Waals surface area contributed by atoms with Crippen molar-refractivity contribution in [1.29, 1.82) is 0 Å². The molecule has 0 spiro atoms. The van der Waals surface area contributed by atoms with Gasteiger partial charge in [0.2, 0.25) is 0 Å². The molecule has 0 saturated carbocycles. The fraction of sp³-hybridized carbons (Fsp3) is 0.348. The SMILES string of the molecule is C=CC/C(N)=c1/cncc/c1=C(\c1ccc(C(F)(F)F)cc1CC)C(C)CC. The second-order valence-electron chi connectivity index (χ2n) is 6.89. The van der Waals surface area contributed by atoms with Crippen LogP contribution in [-0.4, -0.2) is 4.98 Å². The number of rotatable bonds is 6. The molecule has 2 nitrogen and oxygen atoms in total. The second kappa shape index (κ2) is 9.09. The van der Waals surface area contributed by atoms with E-state index in [0.717, 1.165) is 34.1 Å². The number of benzene rings is 1. The Bertz CT molecular complexity index is 959. The summed E-state index contributed by atoms with van der Waals surface area (Å²) in [6.45, 7) is 9.76. The summed E-state index contributed by atoms with van der Waals surface area (Å²) in [5.41, 5.74) is 8.79. The molecule has 1 aromatic carbocycles. The molecule has 2 rings (SSSR count). The summed E-state index contributed by atoms with van der Waals surface area (Å²) in [5.74, 6) is 0.139. The van der Waals surface area contributed by atoms with E-state index in [9.17, 15) is 13.2 Å². The van der Waals surface area contributed by atoms with Crippen LogP contribution in [0.4, 0.5) is 13.2 Å². The van der Waals surface area contributed by atoms with Gasteiger partial charge in [0.25, 0.3) is 0 Å². The van der Waals surface area contributed by atoms with Crippen molar-refractivity contribution in [3.8, 4) is 0 Å². The number of aromatic nitrogens is 1. The molecule has 0 amide bonds. The molecule has 0 aliphatic heterocycles. The first-order valence-corrected chi connectivity index (χ1v) is 9.48. The lowest BCUT2D eigenvalue weighted by Crippen LogP contribution is -2.34. The molecule has 0 bridgehead atoms. The first kappa shape index (κ1) is 21.7. The Morgan fingerprint density at radius 3 is 2.50 bits per heavy atom. The largest absolute Gasteiger partial charge is 0.416 e. The highest BCUT2D eigenvalue weighted by Crippen LogP contribution is 2.33. The molecule has 0 aliphatic rings. The average molecular weight is 388 g/mol. The van der Waals surface area contributed by atoms with Gasteiger partial charge in [0.15, 0.2) is 0 Å². The maximum absolute atomic E-state index is 13.2. The zero-order chi connectivity index (χ0) is 20.9. The zero-order valence-corrected chi connectivity index (χ0v) is 16.6. The lowest BCUT2D eigenvalue weighted by molar-refractivity contribution is -0.137. The topological polar surface area (TPSA) is 38.9 Å². The average Bonchev–Trinajstić information content (AvgIpc) is 2.67. The van der Waals surface area contributed by atoms with Gasteiger partial charge in [0.1, 0.15) is 0 Å². The number of hydrogen-bond acceptors (Lipinski definition) is 2. The molecular formula is C23H27F3N2. The van der Waals surface area contributed by atoms with Gasteiger partial charge >= 0.3 is 6.18 Å². The maximum atomic E-state index is 13.2. The van der Waals surface area contributed by atoms with Crippen molar-refractivity contribution in [2.45, 2.75) is 46.2 Å². The predicted octanol–water partition coefficient (Wildman–Crippen LogP) is 4.55. The molecule has 5 heteroatoms. The normalized spacial score (nSPS) is 15.1. The number of alkyl halides is 3.